The van der Waals surface area contributed by atoms with Crippen molar-refractivity contribution >= 4 is 17.6 Å². The van der Waals surface area contributed by atoms with Gasteiger partial charge in [-0.3, -0.25) is 4.98 Å². The topological polar surface area (TPSA) is 63.8 Å². The monoisotopic (exact) mass is 252 g/mol. The van der Waals surface area contributed by atoms with Gasteiger partial charge < -0.3 is 9.73 Å². The maximum atomic E-state index is 5.57. The van der Waals surface area contributed by atoms with Crippen LogP contribution in [-0.2, 0) is 18.8 Å². The number of halogens is 1. The summed E-state index contributed by atoms with van der Waals surface area (Å²) in [5, 5.41) is 10.6. The van der Waals surface area contributed by atoms with Crippen molar-refractivity contribution < 1.29 is 4.42 Å². The molecular weight excluding hydrogens is 240 g/mol. The van der Waals surface area contributed by atoms with Crippen LogP contribution >= 0.6 is 11.6 Å². The van der Waals surface area contributed by atoms with Gasteiger partial charge in [-0.25, -0.2) is 0 Å². The summed E-state index contributed by atoms with van der Waals surface area (Å²) in [5.74, 6) is 0.629. The van der Waals surface area contributed by atoms with Gasteiger partial charge in [-0.15, -0.1) is 16.7 Å². The first kappa shape index (κ1) is 11.9. The van der Waals surface area contributed by atoms with E-state index in [-0.39, 0.29) is 5.88 Å². The van der Waals surface area contributed by atoms with E-state index >= 15 is 0 Å². The highest BCUT2D eigenvalue weighted by atomic mass is 35.5. The molecule has 0 saturated heterocycles. The van der Waals surface area contributed by atoms with Crippen LogP contribution in [0, 0.1) is 0 Å². The van der Waals surface area contributed by atoms with Crippen molar-refractivity contribution in [1.29, 1.82) is 0 Å². The molecule has 0 fully saturated rings. The summed E-state index contributed by atoms with van der Waals surface area (Å²) in [6.07, 6.45) is 2.72. The Hall–Kier alpha value is -1.62. The smallest absolute Gasteiger partial charge is 0.315 e. The van der Waals surface area contributed by atoms with E-state index < -0.39 is 0 Å². The lowest BCUT2D eigenvalue weighted by Gasteiger charge is -2.05. The highest BCUT2D eigenvalue weighted by Gasteiger charge is 2.06. The Morgan fingerprint density at radius 2 is 2.29 bits per heavy atom. The minimum atomic E-state index is 0.221. The number of nitrogens with zero attached hydrogens (tertiary/aromatic N) is 3. The number of alkyl halides is 1. The first-order valence-electron chi connectivity index (χ1n) is 5.38. The molecular formula is C11H13ClN4O. The van der Waals surface area contributed by atoms with E-state index in [1.807, 2.05) is 6.07 Å². The second kappa shape index (κ2) is 5.63. The molecule has 0 spiro atoms. The molecule has 2 rings (SSSR count). The third kappa shape index (κ3) is 2.94. The predicted molar refractivity (Wildman–Crippen MR) is 64.8 cm³/mol. The summed E-state index contributed by atoms with van der Waals surface area (Å²) in [5.41, 5.74) is 2.19. The molecule has 0 bridgehead atoms. The lowest BCUT2D eigenvalue weighted by molar-refractivity contribution is 0.525. The molecule has 6 heteroatoms. The van der Waals surface area contributed by atoms with Crippen LogP contribution in [0.15, 0.2) is 22.7 Å². The van der Waals surface area contributed by atoms with Gasteiger partial charge >= 0.3 is 6.01 Å². The molecule has 0 aliphatic heterocycles. The Bertz CT molecular complexity index is 486. The van der Waals surface area contributed by atoms with Crippen molar-refractivity contribution in [1.82, 2.24) is 15.2 Å². The summed E-state index contributed by atoms with van der Waals surface area (Å²) in [7, 11) is 0. The molecule has 0 unspecified atom stereocenters. The van der Waals surface area contributed by atoms with Crippen molar-refractivity contribution in [2.24, 2.45) is 0 Å². The zero-order chi connectivity index (χ0) is 12.1. The van der Waals surface area contributed by atoms with Crippen molar-refractivity contribution in [2.45, 2.75) is 25.8 Å². The van der Waals surface area contributed by atoms with Gasteiger partial charge in [0.05, 0.1) is 12.2 Å². The fraction of sp³-hybridized carbons (Fsp3) is 0.364. The van der Waals surface area contributed by atoms with E-state index in [1.54, 1.807) is 6.20 Å². The minimum Gasteiger partial charge on any atom is -0.407 e. The van der Waals surface area contributed by atoms with Crippen LogP contribution in [-0.4, -0.2) is 15.2 Å². The van der Waals surface area contributed by atoms with Crippen LogP contribution in [0.2, 0.25) is 0 Å². The van der Waals surface area contributed by atoms with E-state index in [9.17, 15) is 0 Å². The van der Waals surface area contributed by atoms with Crippen molar-refractivity contribution in [2.75, 3.05) is 5.32 Å². The van der Waals surface area contributed by atoms with Gasteiger partial charge in [-0.05, 0) is 18.1 Å². The maximum Gasteiger partial charge on any atom is 0.315 e. The number of hydrogen-bond donors (Lipinski definition) is 1. The van der Waals surface area contributed by atoms with Crippen molar-refractivity contribution in [3.8, 4) is 0 Å². The molecule has 0 saturated carbocycles. The zero-order valence-corrected chi connectivity index (χ0v) is 10.2. The standard InChI is InChI=1S/C11H13ClN4O/c1-2-8-4-3-5-13-9(8)7-14-11-16-15-10(6-12)17-11/h3-5H,2,6-7H2,1H3,(H,14,16). The lowest BCUT2D eigenvalue weighted by Crippen LogP contribution is -2.05. The quantitative estimate of drug-likeness (QED) is 0.828. The fourth-order valence-corrected chi connectivity index (χ4v) is 1.60. The van der Waals surface area contributed by atoms with Gasteiger partial charge in [-0.1, -0.05) is 18.1 Å². The number of aromatic nitrogens is 3. The first-order chi connectivity index (χ1) is 8.33. The number of aryl methyl sites for hydroxylation is 1. The van der Waals surface area contributed by atoms with Gasteiger partial charge in [0, 0.05) is 6.20 Å². The van der Waals surface area contributed by atoms with Crippen LogP contribution in [0.1, 0.15) is 24.1 Å². The Kier molecular flexibility index (Phi) is 3.93. The minimum absolute atomic E-state index is 0.221. The SMILES string of the molecule is CCc1cccnc1CNc1nnc(CCl)o1. The Balaban J connectivity index is 2.01. The summed E-state index contributed by atoms with van der Waals surface area (Å²) in [6, 6.07) is 4.36. The van der Waals surface area contributed by atoms with Crippen LogP contribution in [0.25, 0.3) is 0 Å². The highest BCUT2D eigenvalue weighted by Crippen LogP contribution is 2.11. The number of hydrogen-bond acceptors (Lipinski definition) is 5. The predicted octanol–water partition coefficient (Wildman–Crippen LogP) is 2.38. The van der Waals surface area contributed by atoms with Crippen molar-refractivity contribution in [3.05, 3.63) is 35.5 Å². The Morgan fingerprint density at radius 3 is 3.00 bits per heavy atom. The van der Waals surface area contributed by atoms with Crippen LogP contribution < -0.4 is 5.32 Å². The molecule has 2 heterocycles. The first-order valence-corrected chi connectivity index (χ1v) is 5.92. The van der Waals surface area contributed by atoms with E-state index in [0.717, 1.165) is 12.1 Å². The summed E-state index contributed by atoms with van der Waals surface area (Å²) in [4.78, 5) is 4.31. The van der Waals surface area contributed by atoms with Gasteiger partial charge in [0.2, 0.25) is 5.89 Å². The third-order valence-corrected chi connectivity index (χ3v) is 2.58. The third-order valence-electron chi connectivity index (χ3n) is 2.35. The van der Waals surface area contributed by atoms with Gasteiger partial charge in [0.25, 0.3) is 0 Å². The molecule has 0 aliphatic carbocycles. The molecule has 2 aromatic heterocycles. The molecule has 0 atom stereocenters. The van der Waals surface area contributed by atoms with Crippen molar-refractivity contribution in [3.63, 3.8) is 0 Å². The van der Waals surface area contributed by atoms with Crippen LogP contribution in [0.3, 0.4) is 0 Å². The number of anilines is 1. The lowest BCUT2D eigenvalue weighted by atomic mass is 10.1. The molecule has 5 nitrogen and oxygen atoms in total. The normalized spacial score (nSPS) is 10.5. The van der Waals surface area contributed by atoms with E-state index in [1.165, 1.54) is 5.56 Å². The molecule has 0 radical (unpaired) electrons. The zero-order valence-electron chi connectivity index (χ0n) is 9.48. The molecule has 90 valence electrons. The highest BCUT2D eigenvalue weighted by molar-refractivity contribution is 6.16. The summed E-state index contributed by atoms with van der Waals surface area (Å²) in [6.45, 7) is 2.66. The van der Waals surface area contributed by atoms with Crippen LogP contribution in [0.4, 0.5) is 6.01 Å². The van der Waals surface area contributed by atoms with Gasteiger partial charge in [0.1, 0.15) is 5.88 Å². The largest absolute Gasteiger partial charge is 0.407 e. The number of pyridine rings is 1. The van der Waals surface area contributed by atoms with E-state index in [2.05, 4.69) is 33.5 Å². The Morgan fingerprint density at radius 1 is 1.41 bits per heavy atom. The molecule has 2 aromatic rings. The molecule has 17 heavy (non-hydrogen) atoms. The number of nitrogens with one attached hydrogen (secondary N) is 1. The second-order valence-corrected chi connectivity index (χ2v) is 3.72. The molecule has 0 aromatic carbocycles. The van der Waals surface area contributed by atoms with Gasteiger partial charge in [0.15, 0.2) is 0 Å². The summed E-state index contributed by atoms with van der Waals surface area (Å²) < 4.78 is 5.23. The second-order valence-electron chi connectivity index (χ2n) is 3.45. The fourth-order valence-electron chi connectivity index (χ4n) is 1.49. The number of rotatable bonds is 5. The molecule has 1 N–H and O–H groups in total. The van der Waals surface area contributed by atoms with Crippen LogP contribution in [0.5, 0.6) is 0 Å². The molecule has 0 aliphatic rings. The maximum absolute atomic E-state index is 5.57. The Labute approximate surface area is 104 Å². The summed E-state index contributed by atoms with van der Waals surface area (Å²) >= 11 is 5.57. The average Bonchev–Trinajstić information content (AvgIpc) is 2.84. The van der Waals surface area contributed by atoms with Gasteiger partial charge in [-0.2, -0.15) is 0 Å². The van der Waals surface area contributed by atoms with E-state index in [4.69, 9.17) is 16.0 Å². The average molecular weight is 253 g/mol. The van der Waals surface area contributed by atoms with E-state index in [0.29, 0.717) is 18.5 Å². The molecule has 0 amide bonds.